The fourth-order valence-electron chi connectivity index (χ4n) is 1.62. The second kappa shape index (κ2) is 4.63. The highest BCUT2D eigenvalue weighted by atomic mass is 16.6. The third-order valence-electron chi connectivity index (χ3n) is 2.50. The Hall–Kier alpha value is -1.39. The fourth-order valence-corrected chi connectivity index (χ4v) is 1.62. The first kappa shape index (κ1) is 11.1. The van der Waals surface area contributed by atoms with E-state index in [0.29, 0.717) is 6.61 Å². The van der Waals surface area contributed by atoms with Gasteiger partial charge in [-0.25, -0.2) is 4.79 Å². The topological polar surface area (TPSA) is 59.1 Å². The van der Waals surface area contributed by atoms with Crippen molar-refractivity contribution >= 4 is 5.97 Å². The second-order valence-electron chi connectivity index (χ2n) is 3.63. The summed E-state index contributed by atoms with van der Waals surface area (Å²) < 4.78 is 9.93. The monoisotopic (exact) mass is 222 g/mol. The molecule has 0 amide bonds. The average molecular weight is 222 g/mol. The Morgan fingerprint density at radius 2 is 2.19 bits per heavy atom. The van der Waals surface area contributed by atoms with E-state index in [9.17, 15) is 9.90 Å². The van der Waals surface area contributed by atoms with Crippen LogP contribution in [0.5, 0.6) is 0 Å². The smallest absolute Gasteiger partial charge is 0.338 e. The van der Waals surface area contributed by atoms with Gasteiger partial charge in [0.1, 0.15) is 12.2 Å². The van der Waals surface area contributed by atoms with E-state index in [2.05, 4.69) is 0 Å². The Morgan fingerprint density at radius 1 is 1.50 bits per heavy atom. The number of hydrogen-bond donors (Lipinski definition) is 1. The third-order valence-corrected chi connectivity index (χ3v) is 2.50. The summed E-state index contributed by atoms with van der Waals surface area (Å²) >= 11 is 0. The molecular formula is C12H14O4. The molecule has 4 heteroatoms. The maximum Gasteiger partial charge on any atom is 0.338 e. The van der Waals surface area contributed by atoms with Crippen molar-refractivity contribution in [3.8, 4) is 0 Å². The highest BCUT2D eigenvalue weighted by molar-refractivity contribution is 5.78. The molecule has 0 radical (unpaired) electrons. The molecule has 1 aliphatic heterocycles. The van der Waals surface area contributed by atoms with Gasteiger partial charge in [0, 0.05) is 0 Å². The largest absolute Gasteiger partial charge is 0.464 e. The molecule has 1 aliphatic rings. The van der Waals surface area contributed by atoms with Gasteiger partial charge in [0.25, 0.3) is 0 Å². The highest BCUT2D eigenvalue weighted by Gasteiger charge is 2.51. The summed E-state index contributed by atoms with van der Waals surface area (Å²) in [7, 11) is 0. The molecule has 1 heterocycles. The fraction of sp³-hybridized carbons (Fsp3) is 0.417. The molecule has 1 fully saturated rings. The van der Waals surface area contributed by atoms with E-state index in [1.807, 2.05) is 18.2 Å². The van der Waals surface area contributed by atoms with Gasteiger partial charge in [0.15, 0.2) is 6.10 Å². The molecular weight excluding hydrogens is 208 g/mol. The van der Waals surface area contributed by atoms with Crippen molar-refractivity contribution in [1.29, 1.82) is 0 Å². The number of carbonyl (C=O) groups is 1. The van der Waals surface area contributed by atoms with Crippen molar-refractivity contribution in [2.45, 2.75) is 25.2 Å². The Labute approximate surface area is 93.8 Å². The van der Waals surface area contributed by atoms with Crippen LogP contribution in [0.4, 0.5) is 0 Å². The van der Waals surface area contributed by atoms with E-state index in [4.69, 9.17) is 9.47 Å². The lowest BCUT2D eigenvalue weighted by molar-refractivity contribution is -0.144. The second-order valence-corrected chi connectivity index (χ2v) is 3.63. The summed E-state index contributed by atoms with van der Waals surface area (Å²) in [6.45, 7) is 2.07. The van der Waals surface area contributed by atoms with Gasteiger partial charge in [-0.1, -0.05) is 30.3 Å². The van der Waals surface area contributed by atoms with Crippen molar-refractivity contribution in [2.24, 2.45) is 0 Å². The van der Waals surface area contributed by atoms with Crippen LogP contribution in [-0.2, 0) is 14.3 Å². The van der Waals surface area contributed by atoms with E-state index in [1.165, 1.54) is 0 Å². The van der Waals surface area contributed by atoms with Gasteiger partial charge < -0.3 is 14.6 Å². The number of aliphatic hydroxyl groups excluding tert-OH is 1. The number of hydrogen-bond acceptors (Lipinski definition) is 4. The molecule has 1 aromatic rings. The normalized spacial score (nSPS) is 24.9. The van der Waals surface area contributed by atoms with Crippen LogP contribution in [0.15, 0.2) is 30.3 Å². The molecule has 0 aliphatic carbocycles. The van der Waals surface area contributed by atoms with Gasteiger partial charge in [-0.05, 0) is 12.5 Å². The zero-order valence-electron chi connectivity index (χ0n) is 9.00. The zero-order valence-corrected chi connectivity index (χ0v) is 9.00. The van der Waals surface area contributed by atoms with Crippen LogP contribution in [0.1, 0.15) is 18.6 Å². The quantitative estimate of drug-likeness (QED) is 0.611. The minimum absolute atomic E-state index is 0.326. The van der Waals surface area contributed by atoms with Crippen molar-refractivity contribution in [1.82, 2.24) is 0 Å². The van der Waals surface area contributed by atoms with Crippen molar-refractivity contribution < 1.29 is 19.4 Å². The summed E-state index contributed by atoms with van der Waals surface area (Å²) in [5, 5.41) is 9.92. The van der Waals surface area contributed by atoms with E-state index >= 15 is 0 Å². The summed E-state index contributed by atoms with van der Waals surface area (Å²) in [6, 6.07) is 9.14. The molecule has 1 N–H and O–H groups in total. The van der Waals surface area contributed by atoms with Gasteiger partial charge in [0.05, 0.1) is 6.61 Å². The third kappa shape index (κ3) is 2.23. The SMILES string of the molecule is CCOC(=O)[C@H]1O[C@@H]1[C@H](O)c1ccccc1. The van der Waals surface area contributed by atoms with Gasteiger partial charge >= 0.3 is 5.97 Å². The molecule has 1 aromatic carbocycles. The molecule has 0 aromatic heterocycles. The van der Waals surface area contributed by atoms with E-state index < -0.39 is 24.3 Å². The van der Waals surface area contributed by atoms with Crippen LogP contribution >= 0.6 is 0 Å². The Balaban J connectivity index is 1.94. The molecule has 2 rings (SSSR count). The number of carbonyl (C=O) groups excluding carboxylic acids is 1. The number of epoxide rings is 1. The van der Waals surface area contributed by atoms with Gasteiger partial charge in [-0.3, -0.25) is 0 Å². The zero-order chi connectivity index (χ0) is 11.5. The number of ether oxygens (including phenoxy) is 2. The molecule has 1 saturated heterocycles. The van der Waals surface area contributed by atoms with Crippen molar-refractivity contribution in [3.05, 3.63) is 35.9 Å². The molecule has 0 bridgehead atoms. The predicted octanol–water partition coefficient (Wildman–Crippen LogP) is 1.05. The number of benzene rings is 1. The standard InChI is InChI=1S/C12H14O4/c1-2-15-12(14)11-10(16-11)9(13)8-6-4-3-5-7-8/h3-7,9-11,13H,2H2,1H3/t9-,10-,11+/m1/s1. The lowest BCUT2D eigenvalue weighted by atomic mass is 10.1. The predicted molar refractivity (Wildman–Crippen MR) is 56.7 cm³/mol. The molecule has 0 spiro atoms. The lowest BCUT2D eigenvalue weighted by Crippen LogP contribution is -2.17. The van der Waals surface area contributed by atoms with Crippen LogP contribution in [0.25, 0.3) is 0 Å². The molecule has 3 atom stereocenters. The number of aliphatic hydroxyl groups is 1. The molecule has 0 saturated carbocycles. The van der Waals surface area contributed by atoms with Gasteiger partial charge in [0.2, 0.25) is 0 Å². The van der Waals surface area contributed by atoms with Crippen molar-refractivity contribution in [3.63, 3.8) is 0 Å². The maximum atomic E-state index is 11.3. The van der Waals surface area contributed by atoms with E-state index in [0.717, 1.165) is 5.56 Å². The summed E-state index contributed by atoms with van der Waals surface area (Å²) in [5.74, 6) is -0.400. The molecule has 16 heavy (non-hydrogen) atoms. The first-order valence-electron chi connectivity index (χ1n) is 5.29. The molecule has 86 valence electrons. The molecule has 4 nitrogen and oxygen atoms in total. The first-order chi connectivity index (χ1) is 7.74. The number of rotatable bonds is 4. The Kier molecular flexibility index (Phi) is 3.22. The Bertz CT molecular complexity index is 363. The Morgan fingerprint density at radius 3 is 2.81 bits per heavy atom. The van der Waals surface area contributed by atoms with E-state index in [-0.39, 0.29) is 0 Å². The summed E-state index contributed by atoms with van der Waals surface area (Å²) in [4.78, 5) is 11.3. The lowest BCUT2D eigenvalue weighted by Gasteiger charge is -2.06. The maximum absolute atomic E-state index is 11.3. The summed E-state index contributed by atoms with van der Waals surface area (Å²) in [6.07, 6.45) is -1.85. The minimum atomic E-state index is -0.768. The van der Waals surface area contributed by atoms with Gasteiger partial charge in [-0.15, -0.1) is 0 Å². The highest BCUT2D eigenvalue weighted by Crippen LogP contribution is 2.34. The van der Waals surface area contributed by atoms with Crippen LogP contribution in [0, 0.1) is 0 Å². The number of esters is 1. The molecule has 0 unspecified atom stereocenters. The first-order valence-corrected chi connectivity index (χ1v) is 5.29. The van der Waals surface area contributed by atoms with Crippen LogP contribution in [0.3, 0.4) is 0 Å². The van der Waals surface area contributed by atoms with Crippen LogP contribution in [0.2, 0.25) is 0 Å². The van der Waals surface area contributed by atoms with Crippen molar-refractivity contribution in [2.75, 3.05) is 6.61 Å². The van der Waals surface area contributed by atoms with Crippen LogP contribution in [-0.4, -0.2) is 29.9 Å². The average Bonchev–Trinajstić information content (AvgIpc) is 3.09. The minimum Gasteiger partial charge on any atom is -0.464 e. The summed E-state index contributed by atoms with van der Waals surface area (Å²) in [5.41, 5.74) is 0.749. The van der Waals surface area contributed by atoms with Crippen LogP contribution < -0.4 is 0 Å². The van der Waals surface area contributed by atoms with E-state index in [1.54, 1.807) is 19.1 Å². The van der Waals surface area contributed by atoms with Gasteiger partial charge in [-0.2, -0.15) is 0 Å².